The second kappa shape index (κ2) is 11.0. The molecule has 2 heterocycles. The van der Waals surface area contributed by atoms with Crippen LogP contribution in [0.25, 0.3) is 10.9 Å². The summed E-state index contributed by atoms with van der Waals surface area (Å²) in [5.41, 5.74) is 3.67. The molecular formula is C33H37FN6O2. The van der Waals surface area contributed by atoms with Gasteiger partial charge in [-0.2, -0.15) is 0 Å². The van der Waals surface area contributed by atoms with Crippen LogP contribution in [-0.2, 0) is 29.1 Å². The number of nitrogens with one attached hydrogen (secondary N) is 2. The van der Waals surface area contributed by atoms with Crippen LogP contribution in [0.2, 0.25) is 0 Å². The normalized spacial score (nSPS) is 24.3. The van der Waals surface area contributed by atoms with Gasteiger partial charge in [0.05, 0.1) is 12.7 Å². The second-order valence-electron chi connectivity index (χ2n) is 12.9. The van der Waals surface area contributed by atoms with Gasteiger partial charge in [0.25, 0.3) is 0 Å². The summed E-state index contributed by atoms with van der Waals surface area (Å²) in [6.45, 7) is 0.528. The number of fused-ring (bicyclic) bond motifs is 1. The van der Waals surface area contributed by atoms with Crippen LogP contribution < -0.4 is 10.6 Å². The number of carbonyl (C=O) groups excluding carboxylic acids is 2. The lowest BCUT2D eigenvalue weighted by Gasteiger charge is -2.56. The molecule has 0 spiro atoms. The molecule has 2 aromatic carbocycles. The van der Waals surface area contributed by atoms with E-state index in [-0.39, 0.29) is 29.7 Å². The maximum Gasteiger partial charge on any atom is 0.246 e. The van der Waals surface area contributed by atoms with E-state index in [4.69, 9.17) is 0 Å². The highest BCUT2D eigenvalue weighted by molar-refractivity contribution is 5.90. The molecule has 2 N–H and O–H groups in total. The number of aromatic nitrogens is 4. The summed E-state index contributed by atoms with van der Waals surface area (Å²) >= 11 is 0. The molecule has 0 aliphatic heterocycles. The second-order valence-corrected chi connectivity index (χ2v) is 12.9. The lowest BCUT2D eigenvalue weighted by Crippen LogP contribution is -2.59. The standard InChI is InChI=1S/C33H37FN6O2/c34-26-8-10-27(11-9-26)35-32(42)21-40-20-28(37-38-40)19-39-18-25(29-5-1-2-6-30(29)39)4-3-7-31(41)36-33-15-22-12-23(16-33)14-24(13-22)17-33/h1-2,5-6,8-11,18,20,22-24H,3-4,7,12-17,19,21H2,(H,35,42)(H,36,41). The first-order valence-electron chi connectivity index (χ1n) is 15.2. The van der Waals surface area contributed by atoms with E-state index in [9.17, 15) is 14.0 Å². The van der Waals surface area contributed by atoms with Gasteiger partial charge in [0.15, 0.2) is 0 Å². The summed E-state index contributed by atoms with van der Waals surface area (Å²) in [7, 11) is 0. The van der Waals surface area contributed by atoms with Crippen LogP contribution >= 0.6 is 0 Å². The van der Waals surface area contributed by atoms with E-state index in [2.05, 4.69) is 43.8 Å². The quantitative estimate of drug-likeness (QED) is 0.265. The highest BCUT2D eigenvalue weighted by Crippen LogP contribution is 2.55. The number of rotatable bonds is 10. The summed E-state index contributed by atoms with van der Waals surface area (Å²) in [5, 5.41) is 15.8. The summed E-state index contributed by atoms with van der Waals surface area (Å²) in [4.78, 5) is 25.5. The number of hydrogen-bond donors (Lipinski definition) is 2. The van der Waals surface area contributed by atoms with Crippen molar-refractivity contribution >= 4 is 28.4 Å². The van der Waals surface area contributed by atoms with Crippen LogP contribution in [0.3, 0.4) is 0 Å². The fourth-order valence-corrected chi connectivity index (χ4v) is 8.26. The maximum absolute atomic E-state index is 13.1. The number of halogens is 1. The molecule has 9 heteroatoms. The Morgan fingerprint density at radius 2 is 1.64 bits per heavy atom. The van der Waals surface area contributed by atoms with E-state index in [1.807, 2.05) is 12.1 Å². The number of hydrogen-bond acceptors (Lipinski definition) is 4. The number of nitrogens with zero attached hydrogens (tertiary/aromatic N) is 4. The highest BCUT2D eigenvalue weighted by Gasteiger charge is 2.51. The predicted octanol–water partition coefficient (Wildman–Crippen LogP) is 5.47. The van der Waals surface area contributed by atoms with Gasteiger partial charge < -0.3 is 15.2 Å². The summed E-state index contributed by atoms with van der Waals surface area (Å²) < 4.78 is 16.8. The fraction of sp³-hybridized carbons (Fsp3) is 0.455. The van der Waals surface area contributed by atoms with E-state index in [1.165, 1.54) is 78.4 Å². The minimum atomic E-state index is -0.354. The molecule has 2 amide bonds. The number of para-hydroxylation sites is 1. The number of amides is 2. The van der Waals surface area contributed by atoms with E-state index in [0.717, 1.165) is 41.8 Å². The molecule has 8 nitrogen and oxygen atoms in total. The first kappa shape index (κ1) is 26.9. The third kappa shape index (κ3) is 5.69. The van der Waals surface area contributed by atoms with Gasteiger partial charge in [-0.05, 0) is 105 Å². The molecule has 42 heavy (non-hydrogen) atoms. The Labute approximate surface area is 244 Å². The van der Waals surface area contributed by atoms with Crippen LogP contribution in [0.1, 0.15) is 62.6 Å². The van der Waals surface area contributed by atoms with Gasteiger partial charge in [0, 0.05) is 34.7 Å². The van der Waals surface area contributed by atoms with Crippen molar-refractivity contribution in [3.8, 4) is 0 Å². The lowest BCUT2D eigenvalue weighted by molar-refractivity contribution is -0.127. The molecule has 4 aliphatic carbocycles. The average Bonchev–Trinajstić information content (AvgIpc) is 3.53. The molecule has 4 aromatic rings. The van der Waals surface area contributed by atoms with Gasteiger partial charge >= 0.3 is 0 Å². The molecule has 4 fully saturated rings. The van der Waals surface area contributed by atoms with Crippen LogP contribution in [0.4, 0.5) is 10.1 Å². The predicted molar refractivity (Wildman–Crippen MR) is 158 cm³/mol. The number of carbonyl (C=O) groups is 2. The largest absolute Gasteiger partial charge is 0.351 e. The van der Waals surface area contributed by atoms with Crippen LogP contribution in [0.5, 0.6) is 0 Å². The van der Waals surface area contributed by atoms with Crippen LogP contribution in [-0.4, -0.2) is 36.9 Å². The van der Waals surface area contributed by atoms with Crippen molar-refractivity contribution in [1.82, 2.24) is 24.9 Å². The van der Waals surface area contributed by atoms with Crippen molar-refractivity contribution in [2.75, 3.05) is 5.32 Å². The molecule has 4 saturated carbocycles. The molecular weight excluding hydrogens is 531 g/mol. The molecule has 0 unspecified atom stereocenters. The van der Waals surface area contributed by atoms with Crippen molar-refractivity contribution in [1.29, 1.82) is 0 Å². The fourth-order valence-electron chi connectivity index (χ4n) is 8.26. The van der Waals surface area contributed by atoms with Gasteiger partial charge in [-0.3, -0.25) is 9.59 Å². The minimum absolute atomic E-state index is 0.00731. The Morgan fingerprint density at radius 1 is 0.929 bits per heavy atom. The molecule has 4 bridgehead atoms. The molecule has 0 atom stereocenters. The van der Waals surface area contributed by atoms with E-state index >= 15 is 0 Å². The third-order valence-electron chi connectivity index (χ3n) is 9.52. The van der Waals surface area contributed by atoms with Gasteiger partial charge in [-0.1, -0.05) is 23.4 Å². The van der Waals surface area contributed by atoms with E-state index in [0.29, 0.717) is 18.7 Å². The van der Waals surface area contributed by atoms with E-state index in [1.54, 1.807) is 6.20 Å². The zero-order valence-electron chi connectivity index (χ0n) is 23.8. The zero-order valence-corrected chi connectivity index (χ0v) is 23.8. The Hall–Kier alpha value is -4.01. The monoisotopic (exact) mass is 568 g/mol. The maximum atomic E-state index is 13.1. The van der Waals surface area contributed by atoms with Gasteiger partial charge in [-0.25, -0.2) is 9.07 Å². The first-order valence-corrected chi connectivity index (χ1v) is 15.2. The Balaban J connectivity index is 0.956. The summed E-state index contributed by atoms with van der Waals surface area (Å²) in [5.74, 6) is 2.06. The third-order valence-corrected chi connectivity index (χ3v) is 9.52. The van der Waals surface area contributed by atoms with Crippen LogP contribution in [0.15, 0.2) is 60.9 Å². The number of benzene rings is 2. The van der Waals surface area contributed by atoms with Gasteiger partial charge in [0.1, 0.15) is 18.1 Å². The zero-order chi connectivity index (χ0) is 28.7. The smallest absolute Gasteiger partial charge is 0.246 e. The summed E-state index contributed by atoms with van der Waals surface area (Å²) in [6.07, 6.45) is 13.8. The minimum Gasteiger partial charge on any atom is -0.351 e. The van der Waals surface area contributed by atoms with Gasteiger partial charge in [0.2, 0.25) is 11.8 Å². The van der Waals surface area contributed by atoms with Crippen LogP contribution in [0, 0.1) is 23.6 Å². The summed E-state index contributed by atoms with van der Waals surface area (Å²) in [6, 6.07) is 13.9. The topological polar surface area (TPSA) is 93.8 Å². The Bertz CT molecular complexity index is 1570. The highest BCUT2D eigenvalue weighted by atomic mass is 19.1. The van der Waals surface area contributed by atoms with Crippen molar-refractivity contribution in [2.24, 2.45) is 17.8 Å². The van der Waals surface area contributed by atoms with Gasteiger partial charge in [-0.15, -0.1) is 5.10 Å². The van der Waals surface area contributed by atoms with E-state index < -0.39 is 0 Å². The molecule has 8 rings (SSSR count). The average molecular weight is 569 g/mol. The Kier molecular flexibility index (Phi) is 7.04. The molecule has 218 valence electrons. The SMILES string of the molecule is O=C(Cn1cc(Cn2cc(CCCC(=O)NC34CC5CC(CC(C5)C3)C4)c3ccccc32)nn1)Nc1ccc(F)cc1. The van der Waals surface area contributed by atoms with Crippen molar-refractivity contribution in [3.63, 3.8) is 0 Å². The molecule has 0 saturated heterocycles. The molecule has 0 radical (unpaired) electrons. The Morgan fingerprint density at radius 3 is 2.38 bits per heavy atom. The number of anilines is 1. The molecule has 4 aliphatic rings. The lowest BCUT2D eigenvalue weighted by atomic mass is 9.53. The van der Waals surface area contributed by atoms with Crippen molar-refractivity contribution in [2.45, 2.75) is 76.4 Å². The number of aryl methyl sites for hydroxylation is 1. The van der Waals surface area contributed by atoms with Crippen molar-refractivity contribution < 1.29 is 14.0 Å². The van der Waals surface area contributed by atoms with Crippen molar-refractivity contribution in [3.05, 3.63) is 78.0 Å². The molecule has 2 aromatic heterocycles. The first-order chi connectivity index (χ1) is 20.4.